The van der Waals surface area contributed by atoms with Crippen LogP contribution in [0.1, 0.15) is 44.4 Å². The summed E-state index contributed by atoms with van der Waals surface area (Å²) in [6, 6.07) is 21.6. The molecule has 2 amide bonds. The standard InChI is InChI=1S/C28H30FN5O2/c1-4-28(2,3)30-27(36)26(21-10-6-5-7-11-21)33(18-20-14-16-22(29)17-15-20)25(35)19-34-24-13-9-8-12-23(24)31-32-34/h5-17,26H,4,18-19H2,1-3H3,(H,30,36)/t26-/m1/s1. The number of hydrogen-bond acceptors (Lipinski definition) is 4. The van der Waals surface area contributed by atoms with Gasteiger partial charge in [-0.1, -0.05) is 66.7 Å². The second kappa shape index (κ2) is 10.7. The zero-order chi connectivity index (χ0) is 25.7. The number of carbonyl (C=O) groups is 2. The van der Waals surface area contributed by atoms with Gasteiger partial charge >= 0.3 is 0 Å². The fourth-order valence-electron chi connectivity index (χ4n) is 3.96. The summed E-state index contributed by atoms with van der Waals surface area (Å²) in [5.74, 6) is -0.965. The summed E-state index contributed by atoms with van der Waals surface area (Å²) in [6.07, 6.45) is 0.719. The quantitative estimate of drug-likeness (QED) is 0.373. The van der Waals surface area contributed by atoms with Crippen LogP contribution in [0.15, 0.2) is 78.9 Å². The highest BCUT2D eigenvalue weighted by molar-refractivity contribution is 5.89. The van der Waals surface area contributed by atoms with E-state index in [2.05, 4.69) is 15.6 Å². The Labute approximate surface area is 209 Å². The van der Waals surface area contributed by atoms with Crippen LogP contribution in [-0.4, -0.2) is 37.2 Å². The zero-order valence-corrected chi connectivity index (χ0v) is 20.7. The number of nitrogens with one attached hydrogen (secondary N) is 1. The molecule has 1 N–H and O–H groups in total. The maximum Gasteiger partial charge on any atom is 0.247 e. The van der Waals surface area contributed by atoms with Gasteiger partial charge < -0.3 is 10.2 Å². The topological polar surface area (TPSA) is 80.1 Å². The number of fused-ring (bicyclic) bond motifs is 1. The molecular weight excluding hydrogens is 457 g/mol. The maximum atomic E-state index is 13.9. The summed E-state index contributed by atoms with van der Waals surface area (Å²) >= 11 is 0. The number of nitrogens with zero attached hydrogens (tertiary/aromatic N) is 4. The molecule has 186 valence electrons. The van der Waals surface area contributed by atoms with Crippen molar-refractivity contribution >= 4 is 22.8 Å². The summed E-state index contributed by atoms with van der Waals surface area (Å²) in [5, 5.41) is 11.4. The molecule has 7 nitrogen and oxygen atoms in total. The minimum Gasteiger partial charge on any atom is -0.349 e. The predicted octanol–water partition coefficient (Wildman–Crippen LogP) is 4.65. The molecule has 0 fully saturated rings. The molecule has 0 bridgehead atoms. The van der Waals surface area contributed by atoms with E-state index < -0.39 is 11.6 Å². The third-order valence-corrected chi connectivity index (χ3v) is 6.31. The van der Waals surface area contributed by atoms with Gasteiger partial charge in [-0.05, 0) is 55.7 Å². The van der Waals surface area contributed by atoms with E-state index in [9.17, 15) is 14.0 Å². The predicted molar refractivity (Wildman–Crippen MR) is 136 cm³/mol. The van der Waals surface area contributed by atoms with Gasteiger partial charge in [-0.3, -0.25) is 9.59 Å². The van der Waals surface area contributed by atoms with E-state index in [0.29, 0.717) is 16.6 Å². The Morgan fingerprint density at radius 1 is 1.00 bits per heavy atom. The minimum absolute atomic E-state index is 0.102. The SMILES string of the molecule is CCC(C)(C)NC(=O)[C@@H](c1ccccc1)N(Cc1ccc(F)cc1)C(=O)Cn1nnc2ccccc21. The second-order valence-corrected chi connectivity index (χ2v) is 9.42. The number of hydrogen-bond donors (Lipinski definition) is 1. The van der Waals surface area contributed by atoms with Gasteiger partial charge in [-0.2, -0.15) is 0 Å². The van der Waals surface area contributed by atoms with E-state index in [1.807, 2.05) is 75.4 Å². The molecule has 8 heteroatoms. The zero-order valence-electron chi connectivity index (χ0n) is 20.7. The van der Waals surface area contributed by atoms with Crippen LogP contribution in [0.5, 0.6) is 0 Å². The van der Waals surface area contributed by atoms with E-state index in [-0.39, 0.29) is 30.7 Å². The maximum absolute atomic E-state index is 13.9. The average molecular weight is 488 g/mol. The Bertz CT molecular complexity index is 1340. The molecule has 0 aliphatic rings. The van der Waals surface area contributed by atoms with Crippen LogP contribution in [-0.2, 0) is 22.7 Å². The number of carbonyl (C=O) groups excluding carboxylic acids is 2. The Morgan fingerprint density at radius 2 is 1.67 bits per heavy atom. The van der Waals surface area contributed by atoms with E-state index >= 15 is 0 Å². The lowest BCUT2D eigenvalue weighted by molar-refractivity contribution is -0.143. The van der Waals surface area contributed by atoms with Crippen molar-refractivity contribution in [3.05, 3.63) is 95.8 Å². The third kappa shape index (κ3) is 5.76. The largest absolute Gasteiger partial charge is 0.349 e. The molecule has 4 aromatic rings. The van der Waals surface area contributed by atoms with Crippen molar-refractivity contribution < 1.29 is 14.0 Å². The number of para-hydroxylation sites is 1. The summed E-state index contributed by atoms with van der Waals surface area (Å²) in [4.78, 5) is 29.1. The Hall–Kier alpha value is -4.07. The summed E-state index contributed by atoms with van der Waals surface area (Å²) in [5.41, 5.74) is 2.33. The van der Waals surface area contributed by atoms with Gasteiger partial charge in [0.2, 0.25) is 11.8 Å². The lowest BCUT2D eigenvalue weighted by Gasteiger charge is -2.34. The van der Waals surface area contributed by atoms with Crippen LogP contribution in [0.25, 0.3) is 11.0 Å². The second-order valence-electron chi connectivity index (χ2n) is 9.42. The monoisotopic (exact) mass is 487 g/mol. The number of benzene rings is 3. The molecule has 0 radical (unpaired) electrons. The van der Waals surface area contributed by atoms with Gasteiger partial charge in [-0.15, -0.1) is 5.10 Å². The van der Waals surface area contributed by atoms with Gasteiger partial charge in [0.05, 0.1) is 5.52 Å². The highest BCUT2D eigenvalue weighted by atomic mass is 19.1. The van der Waals surface area contributed by atoms with Crippen molar-refractivity contribution in [2.24, 2.45) is 0 Å². The molecule has 3 aromatic carbocycles. The van der Waals surface area contributed by atoms with E-state index in [1.54, 1.807) is 12.1 Å². The van der Waals surface area contributed by atoms with Crippen LogP contribution < -0.4 is 5.32 Å². The Balaban J connectivity index is 1.74. The first-order chi connectivity index (χ1) is 17.3. The molecule has 0 unspecified atom stereocenters. The highest BCUT2D eigenvalue weighted by Crippen LogP contribution is 2.26. The minimum atomic E-state index is -0.899. The van der Waals surface area contributed by atoms with Gasteiger partial charge in [0, 0.05) is 12.1 Å². The van der Waals surface area contributed by atoms with Gasteiger partial charge in [-0.25, -0.2) is 9.07 Å². The molecule has 0 aliphatic heterocycles. The number of aromatic nitrogens is 3. The van der Waals surface area contributed by atoms with Crippen LogP contribution in [0.4, 0.5) is 4.39 Å². The first-order valence-electron chi connectivity index (χ1n) is 12.0. The number of amides is 2. The van der Waals surface area contributed by atoms with Crippen molar-refractivity contribution in [1.82, 2.24) is 25.2 Å². The lowest BCUT2D eigenvalue weighted by Crippen LogP contribution is -2.50. The number of halogens is 1. The fourth-order valence-corrected chi connectivity index (χ4v) is 3.96. The molecule has 1 atom stereocenters. The summed E-state index contributed by atoms with van der Waals surface area (Å²) in [7, 11) is 0. The molecule has 4 rings (SSSR count). The van der Waals surface area contributed by atoms with E-state index in [1.165, 1.54) is 21.7 Å². The molecule has 36 heavy (non-hydrogen) atoms. The van der Waals surface area contributed by atoms with E-state index in [4.69, 9.17) is 0 Å². The van der Waals surface area contributed by atoms with Crippen LogP contribution >= 0.6 is 0 Å². The fraction of sp³-hybridized carbons (Fsp3) is 0.286. The molecule has 1 heterocycles. The number of rotatable bonds is 9. The van der Waals surface area contributed by atoms with Gasteiger partial charge in [0.15, 0.2) is 0 Å². The molecule has 1 aromatic heterocycles. The Morgan fingerprint density at radius 3 is 2.36 bits per heavy atom. The van der Waals surface area contributed by atoms with Crippen LogP contribution in [0.2, 0.25) is 0 Å². The normalized spacial score (nSPS) is 12.3. The molecular formula is C28H30FN5O2. The molecule has 0 saturated heterocycles. The lowest BCUT2D eigenvalue weighted by atomic mass is 9.98. The Kier molecular flexibility index (Phi) is 7.43. The van der Waals surface area contributed by atoms with Crippen LogP contribution in [0.3, 0.4) is 0 Å². The third-order valence-electron chi connectivity index (χ3n) is 6.31. The van der Waals surface area contributed by atoms with Crippen molar-refractivity contribution in [2.75, 3.05) is 0 Å². The van der Waals surface area contributed by atoms with Crippen molar-refractivity contribution in [1.29, 1.82) is 0 Å². The van der Waals surface area contributed by atoms with Crippen molar-refractivity contribution in [3.8, 4) is 0 Å². The van der Waals surface area contributed by atoms with Gasteiger partial charge in [0.25, 0.3) is 0 Å². The first-order valence-corrected chi connectivity index (χ1v) is 12.0. The highest BCUT2D eigenvalue weighted by Gasteiger charge is 2.34. The smallest absolute Gasteiger partial charge is 0.247 e. The van der Waals surface area contributed by atoms with Crippen molar-refractivity contribution in [3.63, 3.8) is 0 Å². The summed E-state index contributed by atoms with van der Waals surface area (Å²) in [6.45, 7) is 5.90. The molecule has 0 spiro atoms. The first kappa shape index (κ1) is 25.0. The molecule has 0 aliphatic carbocycles. The van der Waals surface area contributed by atoms with Gasteiger partial charge in [0.1, 0.15) is 23.9 Å². The van der Waals surface area contributed by atoms with Crippen molar-refractivity contribution in [2.45, 2.75) is 51.9 Å². The molecule has 0 saturated carbocycles. The van der Waals surface area contributed by atoms with Crippen LogP contribution in [0, 0.1) is 5.82 Å². The summed E-state index contributed by atoms with van der Waals surface area (Å²) < 4.78 is 15.1. The van der Waals surface area contributed by atoms with E-state index in [0.717, 1.165) is 11.9 Å². The average Bonchev–Trinajstić information content (AvgIpc) is 3.28.